The molecule has 1 saturated heterocycles. The summed E-state index contributed by atoms with van der Waals surface area (Å²) in [5.74, 6) is 0.759. The fourth-order valence-electron chi connectivity index (χ4n) is 3.37. The van der Waals surface area contributed by atoms with Gasteiger partial charge in [-0.25, -0.2) is 0 Å². The van der Waals surface area contributed by atoms with Crippen LogP contribution in [-0.4, -0.2) is 23.0 Å². The van der Waals surface area contributed by atoms with Gasteiger partial charge < -0.3 is 4.98 Å². The minimum Gasteiger partial charge on any atom is -0.358 e. The van der Waals surface area contributed by atoms with Crippen LogP contribution in [0.25, 0.3) is 10.9 Å². The smallest absolute Gasteiger partial charge is 0.0470 e. The Bertz CT molecular complexity index is 579. The van der Waals surface area contributed by atoms with Gasteiger partial charge in [0.1, 0.15) is 0 Å². The normalized spacial score (nSPS) is 27.1. The van der Waals surface area contributed by atoms with Crippen molar-refractivity contribution in [3.05, 3.63) is 33.9 Å². The molecule has 0 spiro atoms. The van der Waals surface area contributed by atoms with E-state index in [-0.39, 0.29) is 0 Å². The van der Waals surface area contributed by atoms with Crippen LogP contribution < -0.4 is 0 Å². The largest absolute Gasteiger partial charge is 0.358 e. The van der Waals surface area contributed by atoms with Gasteiger partial charge in [-0.05, 0) is 43.6 Å². The molecule has 3 aliphatic rings. The standard InChI is InChI=1S/C14H15BrN2/c15-10-1-2-11-12-8-17-5-3-9(4-6-17)14(12)16-13(11)7-10/h1-2,7,9,16H,3-6,8H2. The van der Waals surface area contributed by atoms with Crippen LogP contribution >= 0.6 is 15.9 Å². The van der Waals surface area contributed by atoms with Gasteiger partial charge in [0.2, 0.25) is 0 Å². The van der Waals surface area contributed by atoms with Gasteiger partial charge in [-0.1, -0.05) is 22.0 Å². The van der Waals surface area contributed by atoms with Crippen LogP contribution in [0.2, 0.25) is 0 Å². The molecule has 2 aromatic rings. The molecule has 1 aromatic heterocycles. The predicted octanol–water partition coefficient (Wildman–Crippen LogP) is 3.62. The van der Waals surface area contributed by atoms with Gasteiger partial charge in [-0.2, -0.15) is 0 Å². The number of H-pyrrole nitrogens is 1. The monoisotopic (exact) mass is 290 g/mol. The highest BCUT2D eigenvalue weighted by atomic mass is 79.9. The van der Waals surface area contributed by atoms with E-state index in [1.54, 1.807) is 5.56 Å². The molecule has 0 radical (unpaired) electrons. The lowest BCUT2D eigenvalue weighted by molar-refractivity contribution is 0.220. The van der Waals surface area contributed by atoms with Crippen LogP contribution in [0.5, 0.6) is 0 Å². The summed E-state index contributed by atoms with van der Waals surface area (Å²) in [5.41, 5.74) is 4.35. The zero-order chi connectivity index (χ0) is 11.4. The lowest BCUT2D eigenvalue weighted by Crippen LogP contribution is -2.28. The third-order valence-corrected chi connectivity index (χ3v) is 4.77. The first-order valence-electron chi connectivity index (χ1n) is 6.33. The Morgan fingerprint density at radius 1 is 1.24 bits per heavy atom. The van der Waals surface area contributed by atoms with E-state index in [0.717, 1.165) is 16.9 Å². The molecule has 17 heavy (non-hydrogen) atoms. The summed E-state index contributed by atoms with van der Waals surface area (Å²) in [5, 5.41) is 1.42. The quantitative estimate of drug-likeness (QED) is 0.785. The van der Waals surface area contributed by atoms with Crippen molar-refractivity contribution in [2.75, 3.05) is 13.1 Å². The molecular weight excluding hydrogens is 276 g/mol. The van der Waals surface area contributed by atoms with E-state index in [9.17, 15) is 0 Å². The van der Waals surface area contributed by atoms with Crippen LogP contribution in [0, 0.1) is 0 Å². The highest BCUT2D eigenvalue weighted by molar-refractivity contribution is 9.10. The molecular formula is C14H15BrN2. The minimum absolute atomic E-state index is 0.759. The Hall–Kier alpha value is -0.800. The molecule has 3 aliphatic heterocycles. The lowest BCUT2D eigenvalue weighted by atomic mass is 9.94. The summed E-state index contributed by atoms with van der Waals surface area (Å²) in [4.78, 5) is 6.26. The molecule has 1 N–H and O–H groups in total. The summed E-state index contributed by atoms with van der Waals surface area (Å²) in [6, 6.07) is 6.60. The van der Waals surface area contributed by atoms with E-state index in [1.807, 2.05) is 0 Å². The summed E-state index contributed by atoms with van der Waals surface area (Å²) >= 11 is 3.55. The maximum atomic E-state index is 3.67. The first-order chi connectivity index (χ1) is 8.31. The van der Waals surface area contributed by atoms with Gasteiger partial charge in [-0.15, -0.1) is 0 Å². The van der Waals surface area contributed by atoms with E-state index in [1.165, 1.54) is 42.5 Å². The van der Waals surface area contributed by atoms with Crippen molar-refractivity contribution in [2.24, 2.45) is 0 Å². The second-order valence-electron chi connectivity index (χ2n) is 5.26. The molecule has 2 bridgehead atoms. The molecule has 0 atom stereocenters. The molecule has 1 fully saturated rings. The molecule has 0 amide bonds. The third-order valence-electron chi connectivity index (χ3n) is 4.28. The Morgan fingerprint density at radius 3 is 2.88 bits per heavy atom. The number of nitrogens with zero attached hydrogens (tertiary/aromatic N) is 1. The molecule has 5 rings (SSSR count). The van der Waals surface area contributed by atoms with Crippen LogP contribution in [0.4, 0.5) is 0 Å². The van der Waals surface area contributed by atoms with E-state index in [4.69, 9.17) is 0 Å². The number of fused-ring (bicyclic) bond motifs is 3. The van der Waals surface area contributed by atoms with E-state index >= 15 is 0 Å². The van der Waals surface area contributed by atoms with Crippen molar-refractivity contribution in [3.8, 4) is 0 Å². The van der Waals surface area contributed by atoms with Gasteiger partial charge in [0.05, 0.1) is 0 Å². The van der Waals surface area contributed by atoms with Crippen LogP contribution in [-0.2, 0) is 6.54 Å². The predicted molar refractivity (Wildman–Crippen MR) is 73.3 cm³/mol. The Kier molecular flexibility index (Phi) is 2.15. The van der Waals surface area contributed by atoms with Crippen molar-refractivity contribution in [3.63, 3.8) is 0 Å². The first-order valence-corrected chi connectivity index (χ1v) is 7.13. The summed E-state index contributed by atoms with van der Waals surface area (Å²) in [6.07, 6.45) is 2.64. The fourth-order valence-corrected chi connectivity index (χ4v) is 3.73. The highest BCUT2D eigenvalue weighted by Gasteiger charge is 2.30. The number of hydrogen-bond acceptors (Lipinski definition) is 1. The van der Waals surface area contributed by atoms with Crippen molar-refractivity contribution in [2.45, 2.75) is 25.3 Å². The molecule has 4 heterocycles. The van der Waals surface area contributed by atoms with Crippen molar-refractivity contribution >= 4 is 26.8 Å². The zero-order valence-electron chi connectivity index (χ0n) is 9.67. The average Bonchev–Trinajstić information content (AvgIpc) is 2.50. The van der Waals surface area contributed by atoms with Gasteiger partial charge in [0.15, 0.2) is 0 Å². The zero-order valence-corrected chi connectivity index (χ0v) is 11.3. The third kappa shape index (κ3) is 1.49. The Labute approximate surface area is 109 Å². The van der Waals surface area contributed by atoms with Gasteiger partial charge in [0.25, 0.3) is 0 Å². The Morgan fingerprint density at radius 2 is 2.06 bits per heavy atom. The Balaban J connectivity index is 1.98. The summed E-state index contributed by atoms with van der Waals surface area (Å²) in [7, 11) is 0. The number of benzene rings is 1. The number of rotatable bonds is 0. The molecule has 3 heteroatoms. The molecule has 2 nitrogen and oxygen atoms in total. The van der Waals surface area contributed by atoms with Gasteiger partial charge in [0, 0.05) is 33.5 Å². The van der Waals surface area contributed by atoms with Crippen molar-refractivity contribution < 1.29 is 0 Å². The second kappa shape index (κ2) is 3.59. The number of hydrogen-bond donors (Lipinski definition) is 1. The highest BCUT2D eigenvalue weighted by Crippen LogP contribution is 2.39. The number of aromatic amines is 1. The van der Waals surface area contributed by atoms with E-state index < -0.39 is 0 Å². The van der Waals surface area contributed by atoms with E-state index in [0.29, 0.717) is 0 Å². The topological polar surface area (TPSA) is 19.0 Å². The van der Waals surface area contributed by atoms with Crippen molar-refractivity contribution in [1.29, 1.82) is 0 Å². The maximum absolute atomic E-state index is 3.67. The fraction of sp³-hybridized carbons (Fsp3) is 0.429. The maximum Gasteiger partial charge on any atom is 0.0470 e. The van der Waals surface area contributed by atoms with Crippen LogP contribution in [0.3, 0.4) is 0 Å². The van der Waals surface area contributed by atoms with Crippen LogP contribution in [0.15, 0.2) is 22.7 Å². The molecule has 0 unspecified atom stereocenters. The van der Waals surface area contributed by atoms with Crippen molar-refractivity contribution in [1.82, 2.24) is 9.88 Å². The number of aromatic nitrogens is 1. The van der Waals surface area contributed by atoms with E-state index in [2.05, 4.69) is 44.0 Å². The van der Waals surface area contributed by atoms with Crippen LogP contribution in [0.1, 0.15) is 30.0 Å². The minimum atomic E-state index is 0.759. The lowest BCUT2D eigenvalue weighted by Gasteiger charge is -2.26. The number of nitrogens with one attached hydrogen (secondary N) is 1. The number of piperidine rings is 1. The number of halogens is 1. The molecule has 0 aliphatic carbocycles. The second-order valence-corrected chi connectivity index (χ2v) is 6.17. The summed E-state index contributed by atoms with van der Waals surface area (Å²) < 4.78 is 1.16. The first kappa shape index (κ1) is 10.2. The summed E-state index contributed by atoms with van der Waals surface area (Å²) in [6.45, 7) is 3.67. The molecule has 1 aromatic carbocycles. The molecule has 0 saturated carbocycles. The average molecular weight is 291 g/mol. The SMILES string of the molecule is Brc1ccc2c3c([nH]c2c1)C1CCN(CC1)C3. The molecule has 88 valence electrons. The van der Waals surface area contributed by atoms with Gasteiger partial charge in [-0.3, -0.25) is 4.90 Å². The van der Waals surface area contributed by atoms with Gasteiger partial charge >= 0.3 is 0 Å².